The van der Waals surface area contributed by atoms with E-state index < -0.39 is 11.4 Å². The Bertz CT molecular complexity index is 724. The van der Waals surface area contributed by atoms with Gasteiger partial charge in [-0.05, 0) is 31.5 Å². The lowest BCUT2D eigenvalue weighted by Gasteiger charge is -2.19. The van der Waals surface area contributed by atoms with Gasteiger partial charge >= 0.3 is 5.97 Å². The summed E-state index contributed by atoms with van der Waals surface area (Å²) in [5, 5.41) is 9.23. The molecule has 1 atom stereocenters. The van der Waals surface area contributed by atoms with Crippen LogP contribution in [0.1, 0.15) is 23.9 Å². The molecule has 1 fully saturated rings. The number of rotatable bonds is 4. The number of nitrogens with zero attached hydrogens (tertiary/aromatic N) is 1. The van der Waals surface area contributed by atoms with Crippen LogP contribution in [0.25, 0.3) is 0 Å². The van der Waals surface area contributed by atoms with Crippen molar-refractivity contribution in [3.05, 3.63) is 48.2 Å². The molecule has 23 heavy (non-hydrogen) atoms. The smallest absolute Gasteiger partial charge is 0.311 e. The molecule has 1 aliphatic rings. The molecule has 0 bridgehead atoms. The van der Waals surface area contributed by atoms with E-state index in [1.807, 2.05) is 18.2 Å². The maximum atomic E-state index is 12.4. The van der Waals surface area contributed by atoms with Crippen LogP contribution in [-0.4, -0.2) is 35.0 Å². The zero-order valence-electron chi connectivity index (χ0n) is 12.7. The minimum absolute atomic E-state index is 0.144. The maximum Gasteiger partial charge on any atom is 0.311 e. The molecule has 1 aliphatic heterocycles. The first-order valence-electron chi connectivity index (χ1n) is 7.33. The number of likely N-dealkylation sites (tertiary alicyclic amines) is 1. The highest BCUT2D eigenvalue weighted by molar-refractivity contribution is 5.92. The van der Waals surface area contributed by atoms with Crippen molar-refractivity contribution in [1.29, 1.82) is 0 Å². The van der Waals surface area contributed by atoms with Gasteiger partial charge in [0.2, 0.25) is 0 Å². The van der Waals surface area contributed by atoms with E-state index in [1.54, 1.807) is 25.1 Å². The highest BCUT2D eigenvalue weighted by atomic mass is 16.6. The predicted octanol–water partition coefficient (Wildman–Crippen LogP) is 3.01. The molecule has 1 aromatic carbocycles. The number of para-hydroxylation sites is 1. The van der Waals surface area contributed by atoms with Crippen molar-refractivity contribution >= 4 is 11.9 Å². The summed E-state index contributed by atoms with van der Waals surface area (Å²) in [6, 6.07) is 12.2. The maximum absolute atomic E-state index is 12.4. The average molecular weight is 315 g/mol. The summed E-state index contributed by atoms with van der Waals surface area (Å²) in [6.07, 6.45) is 0.433. The fraction of sp³-hybridized carbons (Fsp3) is 0.294. The number of aliphatic carboxylic acids is 1. The monoisotopic (exact) mass is 315 g/mol. The molecule has 0 saturated carbocycles. The minimum atomic E-state index is -0.897. The Morgan fingerprint density at radius 2 is 1.96 bits per heavy atom. The van der Waals surface area contributed by atoms with Crippen LogP contribution in [0.5, 0.6) is 11.7 Å². The van der Waals surface area contributed by atoms with Crippen LogP contribution in [0, 0.1) is 5.41 Å². The molecule has 0 aliphatic carbocycles. The van der Waals surface area contributed by atoms with Gasteiger partial charge in [0, 0.05) is 19.2 Å². The third-order valence-electron chi connectivity index (χ3n) is 4.03. The average Bonchev–Trinajstić information content (AvgIpc) is 3.15. The van der Waals surface area contributed by atoms with E-state index in [0.717, 1.165) is 0 Å². The predicted molar refractivity (Wildman–Crippen MR) is 81.5 cm³/mol. The molecular weight excluding hydrogens is 298 g/mol. The van der Waals surface area contributed by atoms with Crippen molar-refractivity contribution in [2.45, 2.75) is 13.3 Å². The first-order valence-corrected chi connectivity index (χ1v) is 7.33. The van der Waals surface area contributed by atoms with Crippen LogP contribution >= 0.6 is 0 Å². The lowest BCUT2D eigenvalue weighted by Crippen LogP contribution is -2.34. The van der Waals surface area contributed by atoms with E-state index >= 15 is 0 Å². The summed E-state index contributed by atoms with van der Waals surface area (Å²) in [7, 11) is 0. The Hall–Kier alpha value is -2.76. The molecule has 1 N–H and O–H groups in total. The van der Waals surface area contributed by atoms with Gasteiger partial charge in [0.15, 0.2) is 5.76 Å². The molecule has 2 aromatic rings. The molecular formula is C17H17NO5. The number of ether oxygens (including phenoxy) is 1. The van der Waals surface area contributed by atoms with Gasteiger partial charge in [-0.25, -0.2) is 0 Å². The third-order valence-corrected chi connectivity index (χ3v) is 4.03. The number of furan rings is 1. The Morgan fingerprint density at radius 1 is 1.22 bits per heavy atom. The molecule has 1 saturated heterocycles. The van der Waals surface area contributed by atoms with Crippen LogP contribution in [0.15, 0.2) is 46.9 Å². The number of carbonyl (C=O) groups excluding carboxylic acids is 1. The van der Waals surface area contributed by atoms with Crippen molar-refractivity contribution in [2.24, 2.45) is 5.41 Å². The summed E-state index contributed by atoms with van der Waals surface area (Å²) in [4.78, 5) is 25.2. The van der Waals surface area contributed by atoms with E-state index in [2.05, 4.69) is 0 Å². The number of amides is 1. The van der Waals surface area contributed by atoms with E-state index in [0.29, 0.717) is 18.7 Å². The Kier molecular flexibility index (Phi) is 3.82. The highest BCUT2D eigenvalue weighted by Gasteiger charge is 2.42. The van der Waals surface area contributed by atoms with Gasteiger partial charge in [-0.15, -0.1) is 0 Å². The number of hydrogen-bond acceptors (Lipinski definition) is 4. The van der Waals surface area contributed by atoms with Gasteiger partial charge in [0.05, 0.1) is 5.41 Å². The normalized spacial score (nSPS) is 20.5. The van der Waals surface area contributed by atoms with Crippen LogP contribution in [0.4, 0.5) is 0 Å². The van der Waals surface area contributed by atoms with Gasteiger partial charge in [-0.3, -0.25) is 9.59 Å². The topological polar surface area (TPSA) is 80.0 Å². The van der Waals surface area contributed by atoms with E-state index in [4.69, 9.17) is 9.15 Å². The molecule has 3 rings (SSSR count). The van der Waals surface area contributed by atoms with Crippen molar-refractivity contribution in [3.8, 4) is 11.7 Å². The second kappa shape index (κ2) is 5.79. The van der Waals surface area contributed by atoms with Crippen LogP contribution in [0.2, 0.25) is 0 Å². The fourth-order valence-corrected chi connectivity index (χ4v) is 2.56. The van der Waals surface area contributed by atoms with E-state index in [1.165, 1.54) is 11.0 Å². The first kappa shape index (κ1) is 15.1. The molecule has 6 heteroatoms. The van der Waals surface area contributed by atoms with Gasteiger partial charge in [0.1, 0.15) is 5.75 Å². The zero-order valence-corrected chi connectivity index (χ0v) is 12.7. The molecule has 2 heterocycles. The minimum Gasteiger partial charge on any atom is -0.481 e. The van der Waals surface area contributed by atoms with Crippen molar-refractivity contribution < 1.29 is 23.8 Å². The highest BCUT2D eigenvalue weighted by Crippen LogP contribution is 2.32. The SMILES string of the molecule is CC1(C(=O)O)CCN(C(=O)c2ccc(Oc3ccccc3)o2)C1. The van der Waals surface area contributed by atoms with Gasteiger partial charge in [-0.1, -0.05) is 18.2 Å². The van der Waals surface area contributed by atoms with Crippen LogP contribution in [0.3, 0.4) is 0 Å². The molecule has 1 amide bonds. The molecule has 1 unspecified atom stereocenters. The lowest BCUT2D eigenvalue weighted by atomic mass is 9.90. The van der Waals surface area contributed by atoms with E-state index in [-0.39, 0.29) is 24.2 Å². The van der Waals surface area contributed by atoms with Gasteiger partial charge in [0.25, 0.3) is 11.9 Å². The Balaban J connectivity index is 1.69. The van der Waals surface area contributed by atoms with E-state index in [9.17, 15) is 14.7 Å². The molecule has 0 spiro atoms. The summed E-state index contributed by atoms with van der Waals surface area (Å²) in [5.74, 6) is -0.232. The number of carbonyl (C=O) groups is 2. The first-order chi connectivity index (χ1) is 11.0. The third kappa shape index (κ3) is 3.06. The van der Waals surface area contributed by atoms with Gasteiger partial charge < -0.3 is 19.2 Å². The molecule has 120 valence electrons. The van der Waals surface area contributed by atoms with Gasteiger partial charge in [-0.2, -0.15) is 0 Å². The van der Waals surface area contributed by atoms with Crippen LogP contribution < -0.4 is 4.74 Å². The van der Waals surface area contributed by atoms with Crippen molar-refractivity contribution in [2.75, 3.05) is 13.1 Å². The number of carboxylic acid groups (broad SMARTS) is 1. The van der Waals surface area contributed by atoms with Crippen molar-refractivity contribution in [3.63, 3.8) is 0 Å². The van der Waals surface area contributed by atoms with Crippen LogP contribution in [-0.2, 0) is 4.79 Å². The summed E-state index contributed by atoms with van der Waals surface area (Å²) in [6.45, 7) is 2.22. The number of benzene rings is 1. The second-order valence-corrected chi connectivity index (χ2v) is 5.88. The standard InChI is InChI=1S/C17H17NO5/c1-17(16(20)21)9-10-18(11-17)15(19)13-7-8-14(23-13)22-12-5-3-2-4-6-12/h2-8H,9-11H2,1H3,(H,20,21). The largest absolute Gasteiger partial charge is 0.481 e. The second-order valence-electron chi connectivity index (χ2n) is 5.88. The Morgan fingerprint density at radius 3 is 2.61 bits per heavy atom. The molecule has 0 radical (unpaired) electrons. The Labute approximate surface area is 133 Å². The lowest BCUT2D eigenvalue weighted by molar-refractivity contribution is -0.147. The summed E-state index contributed by atoms with van der Waals surface area (Å²) in [5.41, 5.74) is -0.897. The van der Waals surface area contributed by atoms with Crippen molar-refractivity contribution in [1.82, 2.24) is 4.90 Å². The number of hydrogen-bond donors (Lipinski definition) is 1. The summed E-state index contributed by atoms with van der Waals surface area (Å²) >= 11 is 0. The number of carboxylic acids is 1. The fourth-order valence-electron chi connectivity index (χ4n) is 2.56. The zero-order chi connectivity index (χ0) is 16.4. The molecule has 1 aromatic heterocycles. The summed E-state index contributed by atoms with van der Waals surface area (Å²) < 4.78 is 10.9. The quantitative estimate of drug-likeness (QED) is 0.938. The molecule has 6 nitrogen and oxygen atoms in total.